The van der Waals surface area contributed by atoms with Gasteiger partial charge >= 0.3 is 6.18 Å². The van der Waals surface area contributed by atoms with E-state index in [4.69, 9.17) is 0 Å². The largest absolute Gasteiger partial charge is 0.453 e. The highest BCUT2D eigenvalue weighted by Gasteiger charge is 2.38. The summed E-state index contributed by atoms with van der Waals surface area (Å²) in [5.41, 5.74) is 2.78. The third-order valence-corrected chi connectivity index (χ3v) is 5.02. The molecule has 3 aromatic rings. The van der Waals surface area contributed by atoms with Crippen LogP contribution in [0.3, 0.4) is 0 Å². The molecule has 0 unspecified atom stereocenters. The van der Waals surface area contributed by atoms with Crippen LogP contribution in [0.25, 0.3) is 5.65 Å². The van der Waals surface area contributed by atoms with Crippen LogP contribution in [0.5, 0.6) is 0 Å². The van der Waals surface area contributed by atoms with E-state index in [1.807, 2.05) is 30.0 Å². The topological polar surface area (TPSA) is 49.6 Å². The number of aryl methyl sites for hydroxylation is 1. The Labute approximate surface area is 154 Å². The van der Waals surface area contributed by atoms with Crippen molar-refractivity contribution in [2.45, 2.75) is 20.0 Å². The molecule has 0 amide bonds. The van der Waals surface area contributed by atoms with Gasteiger partial charge < -0.3 is 9.80 Å². The number of anilines is 2. The lowest BCUT2D eigenvalue weighted by atomic mass is 10.1. The molecule has 0 spiro atoms. The van der Waals surface area contributed by atoms with Crippen molar-refractivity contribution in [2.75, 3.05) is 36.0 Å². The second kappa shape index (κ2) is 6.40. The third-order valence-electron chi connectivity index (χ3n) is 5.02. The molecule has 142 valence electrons. The molecule has 4 rings (SSSR count). The first-order valence-electron chi connectivity index (χ1n) is 8.71. The summed E-state index contributed by atoms with van der Waals surface area (Å²) in [6.07, 6.45) is -4.60. The minimum absolute atomic E-state index is 0.145. The zero-order valence-corrected chi connectivity index (χ0v) is 15.0. The van der Waals surface area contributed by atoms with E-state index >= 15 is 0 Å². The number of piperazine rings is 1. The van der Waals surface area contributed by atoms with E-state index in [1.54, 1.807) is 6.92 Å². The normalized spacial score (nSPS) is 15.6. The van der Waals surface area contributed by atoms with Crippen LogP contribution >= 0.6 is 0 Å². The average molecular weight is 376 g/mol. The van der Waals surface area contributed by atoms with Crippen molar-refractivity contribution in [3.8, 4) is 0 Å². The molecule has 27 heavy (non-hydrogen) atoms. The number of halogens is 3. The fourth-order valence-corrected chi connectivity index (χ4v) is 3.41. The predicted molar refractivity (Wildman–Crippen MR) is 96.1 cm³/mol. The second-order valence-electron chi connectivity index (χ2n) is 6.64. The Morgan fingerprint density at radius 2 is 1.48 bits per heavy atom. The molecule has 2 aromatic heterocycles. The smallest absolute Gasteiger partial charge is 0.368 e. The number of hydrogen-bond donors (Lipinski definition) is 0. The van der Waals surface area contributed by atoms with Crippen molar-refractivity contribution in [3.05, 3.63) is 47.3 Å². The lowest BCUT2D eigenvalue weighted by Crippen LogP contribution is -2.47. The van der Waals surface area contributed by atoms with Crippen LogP contribution in [-0.4, -0.2) is 46.0 Å². The van der Waals surface area contributed by atoms with Gasteiger partial charge in [-0.05, 0) is 26.0 Å². The molecule has 1 fully saturated rings. The summed E-state index contributed by atoms with van der Waals surface area (Å²) in [5, 5.41) is 11.3. The second-order valence-corrected chi connectivity index (χ2v) is 6.64. The lowest BCUT2D eigenvalue weighted by molar-refractivity contribution is -0.146. The third kappa shape index (κ3) is 3.07. The number of para-hydroxylation sites is 1. The molecule has 3 heterocycles. The minimum atomic E-state index is -4.60. The van der Waals surface area contributed by atoms with Crippen LogP contribution in [0.15, 0.2) is 30.3 Å². The summed E-state index contributed by atoms with van der Waals surface area (Å²) in [4.78, 5) is 4.29. The van der Waals surface area contributed by atoms with Gasteiger partial charge in [0.2, 0.25) is 0 Å². The zero-order valence-electron chi connectivity index (χ0n) is 15.0. The Bertz CT molecular complexity index is 959. The van der Waals surface area contributed by atoms with Gasteiger partial charge in [0, 0.05) is 43.0 Å². The highest BCUT2D eigenvalue weighted by Crippen LogP contribution is 2.31. The zero-order chi connectivity index (χ0) is 19.2. The highest BCUT2D eigenvalue weighted by molar-refractivity contribution is 5.60. The number of alkyl halides is 3. The summed E-state index contributed by atoms with van der Waals surface area (Å²) in [7, 11) is 0. The fourth-order valence-electron chi connectivity index (χ4n) is 3.41. The SMILES string of the molecule is Cc1c(N2CCN(c3ccccc3)CC2)nn2c(C(F)(F)F)nnc2c1C. The molecule has 0 radical (unpaired) electrons. The molecule has 0 aliphatic carbocycles. The van der Waals surface area contributed by atoms with Gasteiger partial charge in [-0.15, -0.1) is 15.3 Å². The van der Waals surface area contributed by atoms with E-state index in [9.17, 15) is 13.2 Å². The first-order chi connectivity index (χ1) is 12.9. The number of hydrogen-bond acceptors (Lipinski definition) is 5. The fraction of sp³-hybridized carbons (Fsp3) is 0.389. The molecule has 9 heteroatoms. The van der Waals surface area contributed by atoms with E-state index in [-0.39, 0.29) is 5.65 Å². The van der Waals surface area contributed by atoms with Gasteiger partial charge in [-0.3, -0.25) is 0 Å². The Balaban J connectivity index is 1.65. The molecule has 1 saturated heterocycles. The maximum atomic E-state index is 13.2. The molecule has 0 bridgehead atoms. The van der Waals surface area contributed by atoms with Crippen LogP contribution < -0.4 is 9.80 Å². The highest BCUT2D eigenvalue weighted by atomic mass is 19.4. The molecule has 0 saturated carbocycles. The Morgan fingerprint density at radius 3 is 2.11 bits per heavy atom. The molecule has 0 N–H and O–H groups in total. The van der Waals surface area contributed by atoms with Crippen molar-refractivity contribution in [3.63, 3.8) is 0 Å². The van der Waals surface area contributed by atoms with E-state index in [2.05, 4.69) is 32.3 Å². The number of benzene rings is 1. The van der Waals surface area contributed by atoms with Crippen LogP contribution in [-0.2, 0) is 6.18 Å². The Kier molecular flexibility index (Phi) is 4.16. The van der Waals surface area contributed by atoms with Gasteiger partial charge in [0.15, 0.2) is 11.5 Å². The standard InChI is InChI=1S/C18H19F3N6/c1-12-13(2)16(24-27-15(12)22-23-17(27)18(19,20)21)26-10-8-25(9-11-26)14-6-4-3-5-7-14/h3-7H,8-11H2,1-2H3. The van der Waals surface area contributed by atoms with Gasteiger partial charge in [-0.25, -0.2) is 0 Å². The molecular weight excluding hydrogens is 357 g/mol. The maximum absolute atomic E-state index is 13.2. The van der Waals surface area contributed by atoms with Crippen LogP contribution in [0.4, 0.5) is 24.7 Å². The summed E-state index contributed by atoms with van der Waals surface area (Å²) < 4.78 is 40.5. The molecule has 0 atom stereocenters. The average Bonchev–Trinajstić information content (AvgIpc) is 3.10. The van der Waals surface area contributed by atoms with Gasteiger partial charge in [0.1, 0.15) is 0 Å². The monoisotopic (exact) mass is 376 g/mol. The molecule has 1 aromatic carbocycles. The number of fused-ring (bicyclic) bond motifs is 1. The van der Waals surface area contributed by atoms with Gasteiger partial charge in [-0.2, -0.15) is 17.7 Å². The van der Waals surface area contributed by atoms with Gasteiger partial charge in [0.25, 0.3) is 5.82 Å². The first-order valence-corrected chi connectivity index (χ1v) is 8.71. The summed E-state index contributed by atoms with van der Waals surface area (Å²) in [5.74, 6) is -0.539. The minimum Gasteiger partial charge on any atom is -0.368 e. The van der Waals surface area contributed by atoms with E-state index in [0.29, 0.717) is 24.5 Å². The quantitative estimate of drug-likeness (QED) is 0.688. The lowest BCUT2D eigenvalue weighted by Gasteiger charge is -2.37. The van der Waals surface area contributed by atoms with Crippen molar-refractivity contribution in [2.24, 2.45) is 0 Å². The predicted octanol–water partition coefficient (Wildman–Crippen LogP) is 3.09. The van der Waals surface area contributed by atoms with Crippen molar-refractivity contribution in [1.82, 2.24) is 19.8 Å². The maximum Gasteiger partial charge on any atom is 0.453 e. The van der Waals surface area contributed by atoms with Crippen molar-refractivity contribution < 1.29 is 13.2 Å². The van der Waals surface area contributed by atoms with Crippen LogP contribution in [0.2, 0.25) is 0 Å². The van der Waals surface area contributed by atoms with Crippen molar-refractivity contribution >= 4 is 17.2 Å². The molecule has 1 aliphatic rings. The van der Waals surface area contributed by atoms with E-state index in [0.717, 1.165) is 28.9 Å². The first kappa shape index (κ1) is 17.6. The number of nitrogens with zero attached hydrogens (tertiary/aromatic N) is 6. The Morgan fingerprint density at radius 1 is 0.852 bits per heavy atom. The van der Waals surface area contributed by atoms with Crippen LogP contribution in [0, 0.1) is 13.8 Å². The van der Waals surface area contributed by atoms with Crippen LogP contribution in [0.1, 0.15) is 17.0 Å². The number of aromatic nitrogens is 4. The number of rotatable bonds is 2. The molecular formula is C18H19F3N6. The van der Waals surface area contributed by atoms with E-state index < -0.39 is 12.0 Å². The van der Waals surface area contributed by atoms with Gasteiger partial charge in [-0.1, -0.05) is 18.2 Å². The van der Waals surface area contributed by atoms with Gasteiger partial charge in [0.05, 0.1) is 0 Å². The summed E-state index contributed by atoms with van der Waals surface area (Å²) >= 11 is 0. The molecule has 6 nitrogen and oxygen atoms in total. The van der Waals surface area contributed by atoms with E-state index in [1.165, 1.54) is 0 Å². The summed E-state index contributed by atoms with van der Waals surface area (Å²) in [6.45, 7) is 6.52. The molecule has 1 aliphatic heterocycles. The van der Waals surface area contributed by atoms with Crippen molar-refractivity contribution in [1.29, 1.82) is 0 Å². The summed E-state index contributed by atoms with van der Waals surface area (Å²) in [6, 6.07) is 10.1. The Hall–Kier alpha value is -2.84.